The second-order valence-corrected chi connectivity index (χ2v) is 10.6. The summed E-state index contributed by atoms with van der Waals surface area (Å²) in [5, 5.41) is 3.17. The number of carbonyl (C=O) groups is 2. The lowest BCUT2D eigenvalue weighted by Crippen LogP contribution is -2.73. The van der Waals surface area contributed by atoms with Gasteiger partial charge in [-0.25, -0.2) is 4.98 Å². The van der Waals surface area contributed by atoms with Crippen LogP contribution in [0.2, 0.25) is 0 Å². The fraction of sp³-hybridized carbons (Fsp3) is 0.667. The van der Waals surface area contributed by atoms with Gasteiger partial charge >= 0.3 is 0 Å². The van der Waals surface area contributed by atoms with Crippen LogP contribution in [0.4, 0.5) is 0 Å². The summed E-state index contributed by atoms with van der Waals surface area (Å²) < 4.78 is 5.34. The van der Waals surface area contributed by atoms with Crippen molar-refractivity contribution in [1.82, 2.24) is 25.1 Å². The van der Waals surface area contributed by atoms with Gasteiger partial charge < -0.3 is 19.9 Å². The number of aromatic nitrogens is 2. The normalized spacial score (nSPS) is 24.7. The summed E-state index contributed by atoms with van der Waals surface area (Å²) in [4.78, 5) is 39.8. The minimum Gasteiger partial charge on any atom is -0.383 e. The van der Waals surface area contributed by atoms with Crippen LogP contribution in [0.25, 0.3) is 11.0 Å². The van der Waals surface area contributed by atoms with Crippen molar-refractivity contribution in [3.05, 3.63) is 30.1 Å². The second-order valence-electron chi connectivity index (χ2n) is 10.6. The molecule has 0 bridgehead atoms. The molecule has 1 saturated carbocycles. The lowest BCUT2D eigenvalue weighted by molar-refractivity contribution is -0.163. The zero-order valence-corrected chi connectivity index (χ0v) is 21.1. The molecule has 1 aliphatic carbocycles. The molecule has 8 heteroatoms. The van der Waals surface area contributed by atoms with Crippen molar-refractivity contribution in [2.75, 3.05) is 33.4 Å². The molecule has 2 aliphatic heterocycles. The first-order chi connectivity index (χ1) is 17.0. The standard InChI is InChI=1S/C27H39N5O3/c1-19(24-28-21-10-6-7-11-22(21)29-24)31-14-12-27(13-15-31)26(34)30-23(18-20-8-4-3-5-9-20)25(33)32(27)16-17-35-2/h6-7,10-11,19-20,23H,3-5,8-9,12-18H2,1-2H3,(H,28,29)(H,30,34). The molecule has 0 radical (unpaired) electrons. The van der Waals surface area contributed by atoms with E-state index in [-0.39, 0.29) is 17.9 Å². The fourth-order valence-corrected chi connectivity index (χ4v) is 6.42. The Morgan fingerprint density at radius 2 is 1.89 bits per heavy atom. The number of carbonyl (C=O) groups excluding carboxylic acids is 2. The molecule has 2 atom stereocenters. The predicted octanol–water partition coefficient (Wildman–Crippen LogP) is 3.40. The zero-order chi connectivity index (χ0) is 24.4. The highest BCUT2D eigenvalue weighted by Crippen LogP contribution is 2.37. The molecule has 3 heterocycles. The van der Waals surface area contributed by atoms with Gasteiger partial charge in [0, 0.05) is 26.7 Å². The van der Waals surface area contributed by atoms with E-state index < -0.39 is 11.6 Å². The third-order valence-electron chi connectivity index (χ3n) is 8.60. The maximum atomic E-state index is 13.7. The number of likely N-dealkylation sites (tertiary alicyclic amines) is 1. The summed E-state index contributed by atoms with van der Waals surface area (Å²) in [6.07, 6.45) is 8.08. The van der Waals surface area contributed by atoms with Gasteiger partial charge in [-0.3, -0.25) is 14.5 Å². The zero-order valence-electron chi connectivity index (χ0n) is 21.1. The van der Waals surface area contributed by atoms with Crippen molar-refractivity contribution in [3.63, 3.8) is 0 Å². The number of imidazole rings is 1. The number of ether oxygens (including phenoxy) is 1. The van der Waals surface area contributed by atoms with Gasteiger partial charge in [0.2, 0.25) is 11.8 Å². The van der Waals surface area contributed by atoms with Crippen LogP contribution in [-0.4, -0.2) is 76.5 Å². The number of amides is 2. The maximum absolute atomic E-state index is 13.7. The van der Waals surface area contributed by atoms with E-state index in [1.54, 1.807) is 7.11 Å². The highest BCUT2D eigenvalue weighted by Gasteiger charge is 2.54. The average Bonchev–Trinajstić information content (AvgIpc) is 3.32. The molecule has 2 saturated heterocycles. The number of piperazine rings is 1. The van der Waals surface area contributed by atoms with E-state index in [4.69, 9.17) is 9.72 Å². The van der Waals surface area contributed by atoms with Gasteiger partial charge in [0.15, 0.2) is 0 Å². The van der Waals surface area contributed by atoms with Crippen molar-refractivity contribution < 1.29 is 14.3 Å². The van der Waals surface area contributed by atoms with E-state index in [9.17, 15) is 9.59 Å². The molecule has 1 aromatic heterocycles. The van der Waals surface area contributed by atoms with E-state index in [2.05, 4.69) is 22.1 Å². The Balaban J connectivity index is 1.30. The number of para-hydroxylation sites is 2. The summed E-state index contributed by atoms with van der Waals surface area (Å²) in [5.74, 6) is 1.56. The molecule has 1 aromatic carbocycles. The Morgan fingerprint density at radius 1 is 1.14 bits per heavy atom. The Hall–Kier alpha value is -2.45. The van der Waals surface area contributed by atoms with Gasteiger partial charge in [-0.1, -0.05) is 44.2 Å². The van der Waals surface area contributed by atoms with Gasteiger partial charge in [0.1, 0.15) is 17.4 Å². The van der Waals surface area contributed by atoms with Crippen molar-refractivity contribution in [2.45, 2.75) is 75.9 Å². The molecule has 2 aromatic rings. The first-order valence-electron chi connectivity index (χ1n) is 13.3. The van der Waals surface area contributed by atoms with Gasteiger partial charge in [0.05, 0.1) is 23.7 Å². The summed E-state index contributed by atoms with van der Waals surface area (Å²) in [7, 11) is 1.65. The highest BCUT2D eigenvalue weighted by atomic mass is 16.5. The van der Waals surface area contributed by atoms with Crippen LogP contribution in [-0.2, 0) is 14.3 Å². The Morgan fingerprint density at radius 3 is 2.60 bits per heavy atom. The number of benzene rings is 1. The molecule has 1 spiro atoms. The topological polar surface area (TPSA) is 90.6 Å². The van der Waals surface area contributed by atoms with Gasteiger partial charge in [-0.2, -0.15) is 0 Å². The third kappa shape index (κ3) is 4.70. The molecule has 5 rings (SSSR count). The van der Waals surface area contributed by atoms with Crippen molar-refractivity contribution in [1.29, 1.82) is 0 Å². The molecule has 8 nitrogen and oxygen atoms in total. The van der Waals surface area contributed by atoms with Crippen molar-refractivity contribution in [3.8, 4) is 0 Å². The lowest BCUT2D eigenvalue weighted by Gasteiger charge is -2.52. The lowest BCUT2D eigenvalue weighted by atomic mass is 9.79. The molecule has 3 aliphatic rings. The number of nitrogens with one attached hydrogen (secondary N) is 2. The maximum Gasteiger partial charge on any atom is 0.246 e. The van der Waals surface area contributed by atoms with Gasteiger partial charge in [0.25, 0.3) is 0 Å². The molecule has 35 heavy (non-hydrogen) atoms. The van der Waals surface area contributed by atoms with Crippen molar-refractivity contribution in [2.24, 2.45) is 5.92 Å². The van der Waals surface area contributed by atoms with E-state index in [0.717, 1.165) is 49.2 Å². The summed E-state index contributed by atoms with van der Waals surface area (Å²) >= 11 is 0. The molecular formula is C27H39N5O3. The molecular weight excluding hydrogens is 442 g/mol. The van der Waals surface area contributed by atoms with Crippen LogP contribution >= 0.6 is 0 Å². The van der Waals surface area contributed by atoms with Crippen LogP contribution in [0.5, 0.6) is 0 Å². The van der Waals surface area contributed by atoms with Crippen LogP contribution in [0.3, 0.4) is 0 Å². The molecule has 2 unspecified atom stereocenters. The number of methoxy groups -OCH3 is 1. The minimum atomic E-state index is -0.789. The summed E-state index contributed by atoms with van der Waals surface area (Å²) in [6.45, 7) is 4.52. The number of fused-ring (bicyclic) bond motifs is 1. The monoisotopic (exact) mass is 481 g/mol. The number of hydrogen-bond acceptors (Lipinski definition) is 5. The number of nitrogens with zero attached hydrogens (tertiary/aromatic N) is 3. The first kappa shape index (κ1) is 24.3. The minimum absolute atomic E-state index is 0.0186. The van der Waals surface area contributed by atoms with Crippen LogP contribution in [0.15, 0.2) is 24.3 Å². The van der Waals surface area contributed by atoms with Gasteiger partial charge in [-0.15, -0.1) is 0 Å². The van der Waals surface area contributed by atoms with Crippen LogP contribution in [0.1, 0.15) is 70.2 Å². The number of rotatable bonds is 7. The first-order valence-corrected chi connectivity index (χ1v) is 13.3. The Bertz CT molecular complexity index is 1010. The second kappa shape index (κ2) is 10.3. The smallest absolute Gasteiger partial charge is 0.246 e. The Kier molecular flexibility index (Phi) is 7.12. The SMILES string of the molecule is COCCN1C(=O)C(CC2CCCCC2)NC(=O)C12CCN(C(C)c1nc3ccccc3[nH]1)CC2. The number of aromatic amines is 1. The number of hydrogen-bond donors (Lipinski definition) is 2. The van der Waals surface area contributed by atoms with E-state index in [1.807, 2.05) is 29.2 Å². The third-order valence-corrected chi connectivity index (χ3v) is 8.60. The van der Waals surface area contributed by atoms with E-state index in [0.29, 0.717) is 31.9 Å². The number of H-pyrrole nitrogens is 1. The number of piperidine rings is 1. The average molecular weight is 482 g/mol. The van der Waals surface area contributed by atoms with E-state index >= 15 is 0 Å². The van der Waals surface area contributed by atoms with E-state index in [1.165, 1.54) is 19.3 Å². The quantitative estimate of drug-likeness (QED) is 0.633. The van der Waals surface area contributed by atoms with Crippen LogP contribution < -0.4 is 5.32 Å². The molecule has 2 N–H and O–H groups in total. The summed E-state index contributed by atoms with van der Waals surface area (Å²) in [5.41, 5.74) is 1.22. The Labute approximate surface area is 207 Å². The molecule has 190 valence electrons. The largest absolute Gasteiger partial charge is 0.383 e. The molecule has 3 fully saturated rings. The fourth-order valence-electron chi connectivity index (χ4n) is 6.42. The predicted molar refractivity (Wildman–Crippen MR) is 135 cm³/mol. The van der Waals surface area contributed by atoms with Crippen molar-refractivity contribution >= 4 is 22.8 Å². The van der Waals surface area contributed by atoms with Gasteiger partial charge in [-0.05, 0) is 44.2 Å². The van der Waals surface area contributed by atoms with Crippen LogP contribution in [0, 0.1) is 5.92 Å². The molecule has 2 amide bonds. The highest BCUT2D eigenvalue weighted by molar-refractivity contribution is 6.00. The summed E-state index contributed by atoms with van der Waals surface area (Å²) in [6, 6.07) is 7.77.